The molecule has 1 aromatic carbocycles. The molecule has 4 bridgehead atoms. The molecule has 1 unspecified atom stereocenters. The van der Waals surface area contributed by atoms with Crippen molar-refractivity contribution in [2.75, 3.05) is 19.5 Å². The van der Waals surface area contributed by atoms with Gasteiger partial charge in [-0.05, 0) is 92.5 Å². The molecule has 154 valence electrons. The Bertz CT molecular complexity index is 685. The Morgan fingerprint density at radius 2 is 1.75 bits per heavy atom. The lowest BCUT2D eigenvalue weighted by molar-refractivity contribution is -0.0718. The van der Waals surface area contributed by atoms with E-state index in [1.165, 1.54) is 51.4 Å². The van der Waals surface area contributed by atoms with Crippen molar-refractivity contribution in [1.82, 2.24) is 5.32 Å². The highest BCUT2D eigenvalue weighted by molar-refractivity contribution is 7.80. The Hall–Kier alpha value is -1.49. The van der Waals surface area contributed by atoms with Crippen LogP contribution in [0.3, 0.4) is 0 Å². The van der Waals surface area contributed by atoms with Crippen LogP contribution in [0.1, 0.15) is 58.3 Å². The molecule has 4 saturated carbocycles. The maximum Gasteiger partial charge on any atom is 0.171 e. The molecule has 4 fully saturated rings. The first-order valence-electron chi connectivity index (χ1n) is 10.8. The Morgan fingerprint density at radius 1 is 1.11 bits per heavy atom. The molecule has 5 rings (SSSR count). The zero-order valence-electron chi connectivity index (χ0n) is 17.4. The third kappa shape index (κ3) is 3.83. The fourth-order valence-electron chi connectivity index (χ4n) is 6.64. The molecule has 0 aliphatic heterocycles. The summed E-state index contributed by atoms with van der Waals surface area (Å²) in [6.45, 7) is 2.29. The average molecular weight is 403 g/mol. The van der Waals surface area contributed by atoms with Gasteiger partial charge in [0.2, 0.25) is 0 Å². The summed E-state index contributed by atoms with van der Waals surface area (Å²) in [4.78, 5) is 0. The molecule has 0 radical (unpaired) electrons. The van der Waals surface area contributed by atoms with Crippen molar-refractivity contribution in [3.63, 3.8) is 0 Å². The van der Waals surface area contributed by atoms with Crippen LogP contribution in [0.2, 0.25) is 0 Å². The lowest BCUT2D eigenvalue weighted by atomic mass is 9.47. The summed E-state index contributed by atoms with van der Waals surface area (Å²) in [5.41, 5.74) is 1.32. The Balaban J connectivity index is 1.47. The summed E-state index contributed by atoms with van der Waals surface area (Å²) in [7, 11) is 3.33. The van der Waals surface area contributed by atoms with Gasteiger partial charge in [-0.2, -0.15) is 0 Å². The van der Waals surface area contributed by atoms with Gasteiger partial charge < -0.3 is 20.1 Å². The van der Waals surface area contributed by atoms with Crippen molar-refractivity contribution in [2.24, 2.45) is 23.2 Å². The number of methoxy groups -OCH3 is 2. The number of anilines is 1. The SMILES string of the molecule is CCCC(NC(=S)Nc1ccc(OC)cc1OC)C12CC3CC(CC(C3)C1)C2. The smallest absolute Gasteiger partial charge is 0.171 e. The molecule has 0 saturated heterocycles. The number of ether oxygens (including phenoxy) is 2. The molecular weight excluding hydrogens is 368 g/mol. The minimum atomic E-state index is 0.445. The summed E-state index contributed by atoms with van der Waals surface area (Å²) >= 11 is 5.74. The van der Waals surface area contributed by atoms with Crippen molar-refractivity contribution in [2.45, 2.75) is 64.3 Å². The Kier molecular flexibility index (Phi) is 5.73. The minimum Gasteiger partial charge on any atom is -0.497 e. The van der Waals surface area contributed by atoms with Crippen LogP contribution in [0.4, 0.5) is 5.69 Å². The molecule has 4 nitrogen and oxygen atoms in total. The van der Waals surface area contributed by atoms with Crippen LogP contribution in [0, 0.1) is 23.2 Å². The summed E-state index contributed by atoms with van der Waals surface area (Å²) in [5.74, 6) is 4.38. The summed E-state index contributed by atoms with van der Waals surface area (Å²) < 4.78 is 10.8. The molecule has 1 atom stereocenters. The van der Waals surface area contributed by atoms with Gasteiger partial charge in [0.25, 0.3) is 0 Å². The molecule has 4 aliphatic carbocycles. The van der Waals surface area contributed by atoms with Gasteiger partial charge >= 0.3 is 0 Å². The number of hydrogen-bond acceptors (Lipinski definition) is 3. The standard InChI is InChI=1S/C23H34N2O2S/c1-4-5-21(23-12-15-8-16(13-23)10-17(9-15)14-23)25-22(28)24-19-7-6-18(26-2)11-20(19)27-3/h6-7,11,15-17,21H,4-5,8-10,12-14H2,1-3H3,(H2,24,25,28). The molecule has 5 heteroatoms. The van der Waals surface area contributed by atoms with E-state index < -0.39 is 0 Å². The summed E-state index contributed by atoms with van der Waals surface area (Å²) in [6.07, 6.45) is 11.0. The molecule has 1 aromatic rings. The van der Waals surface area contributed by atoms with E-state index in [4.69, 9.17) is 21.7 Å². The minimum absolute atomic E-state index is 0.445. The predicted molar refractivity (Wildman–Crippen MR) is 118 cm³/mol. The molecule has 28 heavy (non-hydrogen) atoms. The lowest BCUT2D eigenvalue weighted by Crippen LogP contribution is -2.57. The number of rotatable bonds is 7. The first kappa shape index (κ1) is 19.8. The molecule has 0 aromatic heterocycles. The van der Waals surface area contributed by atoms with Crippen LogP contribution < -0.4 is 20.1 Å². The van der Waals surface area contributed by atoms with E-state index in [1.807, 2.05) is 18.2 Å². The quantitative estimate of drug-likeness (QED) is 0.600. The fraction of sp³-hybridized carbons (Fsp3) is 0.696. The van der Waals surface area contributed by atoms with Crippen molar-refractivity contribution < 1.29 is 9.47 Å². The van der Waals surface area contributed by atoms with Crippen LogP contribution in [-0.2, 0) is 0 Å². The van der Waals surface area contributed by atoms with Crippen LogP contribution in [0.25, 0.3) is 0 Å². The van der Waals surface area contributed by atoms with Crippen LogP contribution >= 0.6 is 12.2 Å². The third-order valence-electron chi connectivity index (χ3n) is 7.36. The number of hydrogen-bond donors (Lipinski definition) is 2. The average Bonchev–Trinajstić information content (AvgIpc) is 2.67. The second-order valence-corrected chi connectivity index (χ2v) is 9.69. The topological polar surface area (TPSA) is 42.5 Å². The molecular formula is C23H34N2O2S. The van der Waals surface area contributed by atoms with Gasteiger partial charge in [0, 0.05) is 12.1 Å². The van der Waals surface area contributed by atoms with Gasteiger partial charge in [0.1, 0.15) is 11.5 Å². The van der Waals surface area contributed by atoms with E-state index in [0.717, 1.165) is 34.9 Å². The maximum absolute atomic E-state index is 5.74. The number of nitrogens with one attached hydrogen (secondary N) is 2. The maximum atomic E-state index is 5.74. The molecule has 0 heterocycles. The van der Waals surface area contributed by atoms with Crippen LogP contribution in [-0.4, -0.2) is 25.4 Å². The van der Waals surface area contributed by atoms with Crippen molar-refractivity contribution >= 4 is 23.0 Å². The van der Waals surface area contributed by atoms with Crippen molar-refractivity contribution in [3.8, 4) is 11.5 Å². The van der Waals surface area contributed by atoms with E-state index in [-0.39, 0.29) is 0 Å². The first-order chi connectivity index (χ1) is 13.5. The normalized spacial score (nSPS) is 31.3. The number of benzene rings is 1. The molecule has 0 amide bonds. The van der Waals surface area contributed by atoms with E-state index in [9.17, 15) is 0 Å². The Labute approximate surface area is 174 Å². The highest BCUT2D eigenvalue weighted by Gasteiger charge is 2.54. The van der Waals surface area contributed by atoms with E-state index in [1.54, 1.807) is 14.2 Å². The van der Waals surface area contributed by atoms with E-state index >= 15 is 0 Å². The van der Waals surface area contributed by atoms with E-state index in [2.05, 4.69) is 17.6 Å². The first-order valence-corrected chi connectivity index (χ1v) is 11.3. The van der Waals surface area contributed by atoms with Crippen LogP contribution in [0.5, 0.6) is 11.5 Å². The lowest BCUT2D eigenvalue weighted by Gasteiger charge is -2.59. The van der Waals surface area contributed by atoms with Crippen molar-refractivity contribution in [3.05, 3.63) is 18.2 Å². The summed E-state index contributed by atoms with van der Waals surface area (Å²) in [6, 6.07) is 6.24. The highest BCUT2D eigenvalue weighted by atomic mass is 32.1. The van der Waals surface area contributed by atoms with Crippen molar-refractivity contribution in [1.29, 1.82) is 0 Å². The zero-order chi connectivity index (χ0) is 19.7. The fourth-order valence-corrected chi connectivity index (χ4v) is 6.90. The summed E-state index contributed by atoms with van der Waals surface area (Å²) in [5, 5.41) is 7.82. The third-order valence-corrected chi connectivity index (χ3v) is 7.58. The Morgan fingerprint density at radius 3 is 2.29 bits per heavy atom. The number of thiocarbonyl (C=S) groups is 1. The van der Waals surface area contributed by atoms with Gasteiger partial charge in [0.15, 0.2) is 5.11 Å². The van der Waals surface area contributed by atoms with Gasteiger partial charge in [0.05, 0.1) is 19.9 Å². The van der Waals surface area contributed by atoms with Crippen LogP contribution in [0.15, 0.2) is 18.2 Å². The predicted octanol–water partition coefficient (Wildman–Crippen LogP) is 5.38. The molecule has 4 aliphatic rings. The van der Waals surface area contributed by atoms with E-state index in [0.29, 0.717) is 16.6 Å². The monoisotopic (exact) mass is 402 g/mol. The van der Waals surface area contributed by atoms with Gasteiger partial charge in [-0.15, -0.1) is 0 Å². The second kappa shape index (κ2) is 8.10. The highest BCUT2D eigenvalue weighted by Crippen LogP contribution is 2.61. The zero-order valence-corrected chi connectivity index (χ0v) is 18.2. The van der Waals surface area contributed by atoms with Gasteiger partial charge in [-0.1, -0.05) is 13.3 Å². The molecule has 2 N–H and O–H groups in total. The molecule has 0 spiro atoms. The van der Waals surface area contributed by atoms with Gasteiger partial charge in [-0.25, -0.2) is 0 Å². The second-order valence-electron chi connectivity index (χ2n) is 9.29. The largest absolute Gasteiger partial charge is 0.497 e. The van der Waals surface area contributed by atoms with Gasteiger partial charge in [-0.3, -0.25) is 0 Å².